The highest BCUT2D eigenvalue weighted by molar-refractivity contribution is 5.75. The summed E-state index contributed by atoms with van der Waals surface area (Å²) in [7, 11) is 0. The molecule has 1 fully saturated rings. The number of carbonyl (C=O) groups excluding carboxylic acids is 1. The molecule has 0 aliphatic heterocycles. The van der Waals surface area contributed by atoms with Gasteiger partial charge in [0.05, 0.1) is 0 Å². The average Bonchev–Trinajstić information content (AvgIpc) is 3.12. The van der Waals surface area contributed by atoms with Gasteiger partial charge in [0, 0.05) is 13.0 Å². The van der Waals surface area contributed by atoms with Crippen molar-refractivity contribution in [1.82, 2.24) is 5.32 Å². The van der Waals surface area contributed by atoms with Gasteiger partial charge in [0.2, 0.25) is 5.91 Å². The number of hydrogen-bond acceptors (Lipinski definition) is 2. The molecule has 1 rings (SSSR count). The highest BCUT2D eigenvalue weighted by Crippen LogP contribution is 2.47. The topological polar surface area (TPSA) is 55.1 Å². The van der Waals surface area contributed by atoms with Crippen molar-refractivity contribution < 1.29 is 4.79 Å². The van der Waals surface area contributed by atoms with E-state index in [4.69, 9.17) is 5.73 Å². The molecule has 0 bridgehead atoms. The number of hydrogen-bond donors (Lipinski definition) is 2. The maximum absolute atomic E-state index is 11.7. The van der Waals surface area contributed by atoms with Crippen molar-refractivity contribution in [2.75, 3.05) is 13.1 Å². The molecule has 1 aliphatic rings. The summed E-state index contributed by atoms with van der Waals surface area (Å²) in [6.45, 7) is 6.01. The highest BCUT2D eigenvalue weighted by atomic mass is 16.1. The minimum absolute atomic E-state index is 0.222. The summed E-state index contributed by atoms with van der Waals surface area (Å²) in [5.74, 6) is 0.840. The van der Waals surface area contributed by atoms with Crippen LogP contribution < -0.4 is 11.1 Å². The molecule has 3 N–H and O–H groups in total. The molecule has 0 aromatic rings. The summed E-state index contributed by atoms with van der Waals surface area (Å²) in [5.41, 5.74) is 6.01. The van der Waals surface area contributed by atoms with Crippen molar-refractivity contribution in [1.29, 1.82) is 0 Å². The number of nitrogens with one attached hydrogen (secondary N) is 1. The van der Waals surface area contributed by atoms with E-state index in [1.165, 1.54) is 19.3 Å². The Bertz CT molecular complexity index is 236. The van der Waals surface area contributed by atoms with Crippen LogP contribution in [0.15, 0.2) is 0 Å². The Morgan fingerprint density at radius 1 is 1.35 bits per heavy atom. The molecule has 17 heavy (non-hydrogen) atoms. The van der Waals surface area contributed by atoms with E-state index < -0.39 is 0 Å². The molecule has 0 aromatic carbocycles. The van der Waals surface area contributed by atoms with E-state index in [-0.39, 0.29) is 5.91 Å². The first-order valence-corrected chi connectivity index (χ1v) is 7.12. The number of amides is 1. The summed E-state index contributed by atoms with van der Waals surface area (Å²) in [6.07, 6.45) is 7.59. The Balaban J connectivity index is 2.12. The Hall–Kier alpha value is -0.570. The molecular formula is C14H28N2O. The molecule has 1 aliphatic carbocycles. The Labute approximate surface area is 106 Å². The fourth-order valence-electron chi connectivity index (χ4n) is 2.33. The van der Waals surface area contributed by atoms with Crippen LogP contribution in [-0.2, 0) is 4.79 Å². The second kappa shape index (κ2) is 7.00. The number of nitrogens with two attached hydrogens (primary N) is 1. The minimum Gasteiger partial charge on any atom is -0.356 e. The van der Waals surface area contributed by atoms with Crippen LogP contribution in [0.5, 0.6) is 0 Å². The van der Waals surface area contributed by atoms with E-state index in [0.717, 1.165) is 32.4 Å². The van der Waals surface area contributed by atoms with E-state index in [1.54, 1.807) is 0 Å². The fourth-order valence-corrected chi connectivity index (χ4v) is 2.33. The van der Waals surface area contributed by atoms with Crippen LogP contribution in [0.1, 0.15) is 58.8 Å². The van der Waals surface area contributed by atoms with E-state index in [9.17, 15) is 4.79 Å². The van der Waals surface area contributed by atoms with Crippen LogP contribution in [0.4, 0.5) is 0 Å². The molecule has 1 unspecified atom stereocenters. The molecule has 1 amide bonds. The zero-order chi connectivity index (χ0) is 12.7. The van der Waals surface area contributed by atoms with Crippen molar-refractivity contribution in [3.63, 3.8) is 0 Å². The zero-order valence-electron chi connectivity index (χ0n) is 11.4. The van der Waals surface area contributed by atoms with Gasteiger partial charge in [-0.2, -0.15) is 0 Å². The molecule has 0 spiro atoms. The number of rotatable bonds is 9. The normalized spacial score (nSPS) is 18.8. The van der Waals surface area contributed by atoms with Gasteiger partial charge in [0.25, 0.3) is 0 Å². The second-order valence-corrected chi connectivity index (χ2v) is 5.52. The fraction of sp³-hybridized carbons (Fsp3) is 0.929. The maximum atomic E-state index is 11.7. The predicted molar refractivity (Wildman–Crippen MR) is 71.7 cm³/mol. The van der Waals surface area contributed by atoms with Crippen molar-refractivity contribution >= 4 is 5.91 Å². The smallest absolute Gasteiger partial charge is 0.220 e. The van der Waals surface area contributed by atoms with Gasteiger partial charge in [-0.25, -0.2) is 0 Å². The van der Waals surface area contributed by atoms with Crippen molar-refractivity contribution in [3.8, 4) is 0 Å². The molecule has 3 nitrogen and oxygen atoms in total. The zero-order valence-corrected chi connectivity index (χ0v) is 11.4. The SMILES string of the molecule is CCC(CCN)CCC(=O)NCC1(CC)CC1. The lowest BCUT2D eigenvalue weighted by atomic mass is 9.96. The van der Waals surface area contributed by atoms with Gasteiger partial charge in [0.1, 0.15) is 0 Å². The predicted octanol–water partition coefficient (Wildman–Crippen LogP) is 2.45. The molecule has 1 saturated carbocycles. The van der Waals surface area contributed by atoms with Gasteiger partial charge in [-0.15, -0.1) is 0 Å². The van der Waals surface area contributed by atoms with Gasteiger partial charge in [-0.3, -0.25) is 4.79 Å². The first-order valence-electron chi connectivity index (χ1n) is 7.12. The summed E-state index contributed by atoms with van der Waals surface area (Å²) in [5, 5.41) is 3.09. The van der Waals surface area contributed by atoms with Crippen LogP contribution >= 0.6 is 0 Å². The lowest BCUT2D eigenvalue weighted by Crippen LogP contribution is -2.30. The highest BCUT2D eigenvalue weighted by Gasteiger charge is 2.40. The van der Waals surface area contributed by atoms with Crippen molar-refractivity contribution in [3.05, 3.63) is 0 Å². The van der Waals surface area contributed by atoms with E-state index in [2.05, 4.69) is 19.2 Å². The summed E-state index contributed by atoms with van der Waals surface area (Å²) >= 11 is 0. The third-order valence-corrected chi connectivity index (χ3v) is 4.30. The molecule has 0 heterocycles. The van der Waals surface area contributed by atoms with Gasteiger partial charge in [-0.05, 0) is 50.0 Å². The Morgan fingerprint density at radius 2 is 2.06 bits per heavy atom. The molecule has 0 radical (unpaired) electrons. The van der Waals surface area contributed by atoms with Crippen LogP contribution in [0.3, 0.4) is 0 Å². The van der Waals surface area contributed by atoms with Crippen molar-refractivity contribution in [2.24, 2.45) is 17.1 Å². The molecule has 0 aromatic heterocycles. The summed E-state index contributed by atoms with van der Waals surface area (Å²) < 4.78 is 0. The van der Waals surface area contributed by atoms with Gasteiger partial charge in [0.15, 0.2) is 0 Å². The van der Waals surface area contributed by atoms with Crippen LogP contribution in [-0.4, -0.2) is 19.0 Å². The monoisotopic (exact) mass is 240 g/mol. The lowest BCUT2D eigenvalue weighted by molar-refractivity contribution is -0.121. The van der Waals surface area contributed by atoms with E-state index in [1.807, 2.05) is 0 Å². The quantitative estimate of drug-likeness (QED) is 0.650. The lowest BCUT2D eigenvalue weighted by Gasteiger charge is -2.15. The average molecular weight is 240 g/mol. The minimum atomic E-state index is 0.222. The van der Waals surface area contributed by atoms with Crippen LogP contribution in [0, 0.1) is 11.3 Å². The van der Waals surface area contributed by atoms with E-state index in [0.29, 0.717) is 17.8 Å². The molecular weight excluding hydrogens is 212 g/mol. The maximum Gasteiger partial charge on any atom is 0.220 e. The number of carbonyl (C=O) groups is 1. The molecule has 3 heteroatoms. The summed E-state index contributed by atoms with van der Waals surface area (Å²) in [6, 6.07) is 0. The van der Waals surface area contributed by atoms with Gasteiger partial charge in [-0.1, -0.05) is 20.3 Å². The first-order chi connectivity index (χ1) is 8.15. The molecule has 100 valence electrons. The Kier molecular flexibility index (Phi) is 5.96. The molecule has 1 atom stereocenters. The second-order valence-electron chi connectivity index (χ2n) is 5.52. The standard InChI is InChI=1S/C14H28N2O/c1-3-12(7-10-15)5-6-13(17)16-11-14(4-2)8-9-14/h12H,3-11,15H2,1-2H3,(H,16,17). The van der Waals surface area contributed by atoms with Crippen LogP contribution in [0.2, 0.25) is 0 Å². The Morgan fingerprint density at radius 3 is 2.53 bits per heavy atom. The van der Waals surface area contributed by atoms with Crippen LogP contribution in [0.25, 0.3) is 0 Å². The van der Waals surface area contributed by atoms with Gasteiger partial charge < -0.3 is 11.1 Å². The van der Waals surface area contributed by atoms with Crippen molar-refractivity contribution in [2.45, 2.75) is 58.8 Å². The van der Waals surface area contributed by atoms with E-state index >= 15 is 0 Å². The first kappa shape index (κ1) is 14.5. The molecule has 0 saturated heterocycles. The third-order valence-electron chi connectivity index (χ3n) is 4.30. The summed E-state index contributed by atoms with van der Waals surface area (Å²) in [4.78, 5) is 11.7. The largest absolute Gasteiger partial charge is 0.356 e. The third kappa shape index (κ3) is 5.07. The van der Waals surface area contributed by atoms with Gasteiger partial charge >= 0.3 is 0 Å².